The van der Waals surface area contributed by atoms with Crippen LogP contribution in [0.2, 0.25) is 0 Å². The van der Waals surface area contributed by atoms with Crippen LogP contribution in [-0.4, -0.2) is 0 Å². The molecule has 0 radical (unpaired) electrons. The van der Waals surface area contributed by atoms with Crippen LogP contribution in [0.4, 0.5) is 34.1 Å². The fraction of sp³-hybridized carbons (Fsp3) is 0.246. The van der Waals surface area contributed by atoms with E-state index in [1.54, 1.807) is 0 Å². The average molecular weight is 825 g/mol. The van der Waals surface area contributed by atoms with Gasteiger partial charge < -0.3 is 9.80 Å². The first-order chi connectivity index (χ1) is 30.8. The lowest BCUT2D eigenvalue weighted by Crippen LogP contribution is -2.34. The highest BCUT2D eigenvalue weighted by Gasteiger charge is 2.39. The Labute approximate surface area is 378 Å². The van der Waals surface area contributed by atoms with Gasteiger partial charge in [-0.25, -0.2) is 0 Å². The zero-order valence-electron chi connectivity index (χ0n) is 38.1. The lowest BCUT2D eigenvalue weighted by Gasteiger charge is -2.40. The number of anilines is 6. The summed E-state index contributed by atoms with van der Waals surface area (Å²) in [6, 6.07) is 65.2. The number of fused-ring (bicyclic) bond motifs is 3. The van der Waals surface area contributed by atoms with E-state index in [2.05, 4.69) is 246 Å². The summed E-state index contributed by atoms with van der Waals surface area (Å²) in [6.45, 7) is 20.3. The Bertz CT molecular complexity index is 2560. The second kappa shape index (κ2) is 18.9. The fourth-order valence-electron chi connectivity index (χ4n) is 10.5. The Balaban J connectivity index is 1.19. The van der Waals surface area contributed by atoms with Crippen molar-refractivity contribution in [3.05, 3.63) is 229 Å². The van der Waals surface area contributed by atoms with E-state index in [4.69, 9.17) is 0 Å². The van der Waals surface area contributed by atoms with Gasteiger partial charge in [-0.2, -0.15) is 0 Å². The second-order valence-electron chi connectivity index (χ2n) is 17.9. The number of benzene rings is 7. The molecule has 0 saturated carbocycles. The predicted molar refractivity (Wildman–Crippen MR) is 272 cm³/mol. The molecule has 2 atom stereocenters. The van der Waals surface area contributed by atoms with Gasteiger partial charge in [-0.3, -0.25) is 0 Å². The molecule has 8 rings (SSSR count). The maximum Gasteiger partial charge on any atom is 0.0465 e. The molecule has 0 aromatic heterocycles. The zero-order chi connectivity index (χ0) is 44.0. The Morgan fingerprint density at radius 2 is 0.968 bits per heavy atom. The normalized spacial score (nSPS) is 14.0. The lowest BCUT2D eigenvalue weighted by molar-refractivity contribution is 0.360. The Morgan fingerprint density at radius 3 is 1.48 bits per heavy atom. The first-order valence-electron chi connectivity index (χ1n) is 23.3. The van der Waals surface area contributed by atoms with Crippen molar-refractivity contribution in [3.63, 3.8) is 0 Å². The van der Waals surface area contributed by atoms with Crippen LogP contribution < -0.4 is 9.80 Å². The van der Waals surface area contributed by atoms with Gasteiger partial charge in [-0.1, -0.05) is 169 Å². The zero-order valence-corrected chi connectivity index (χ0v) is 38.1. The summed E-state index contributed by atoms with van der Waals surface area (Å²) in [6.07, 6.45) is 10.9. The van der Waals surface area contributed by atoms with E-state index in [0.29, 0.717) is 11.8 Å². The van der Waals surface area contributed by atoms with Crippen molar-refractivity contribution >= 4 is 34.1 Å². The quantitative estimate of drug-likeness (QED) is 0.0796. The fourth-order valence-corrected chi connectivity index (χ4v) is 10.5. The third-order valence-corrected chi connectivity index (χ3v) is 14.1. The molecule has 2 heteroatoms. The van der Waals surface area contributed by atoms with E-state index in [1.165, 1.54) is 57.5 Å². The van der Waals surface area contributed by atoms with Crippen molar-refractivity contribution in [1.82, 2.24) is 0 Å². The van der Waals surface area contributed by atoms with E-state index in [-0.39, 0.29) is 10.8 Å². The summed E-state index contributed by atoms with van der Waals surface area (Å²) in [7, 11) is 0. The molecule has 2 unspecified atom stereocenters. The van der Waals surface area contributed by atoms with Crippen LogP contribution in [0, 0.1) is 11.8 Å². The predicted octanol–water partition coefficient (Wildman–Crippen LogP) is 17.4. The molecule has 1 aliphatic rings. The first-order valence-corrected chi connectivity index (χ1v) is 23.3. The van der Waals surface area contributed by atoms with Gasteiger partial charge in [0.1, 0.15) is 0 Å². The number of hydrogen-bond acceptors (Lipinski definition) is 2. The van der Waals surface area contributed by atoms with Crippen molar-refractivity contribution in [2.45, 2.75) is 84.0 Å². The van der Waals surface area contributed by atoms with Crippen LogP contribution in [0.5, 0.6) is 0 Å². The molecule has 0 spiro atoms. The van der Waals surface area contributed by atoms with Crippen molar-refractivity contribution in [2.24, 2.45) is 11.8 Å². The lowest BCUT2D eigenvalue weighted by atomic mass is 9.64. The summed E-state index contributed by atoms with van der Waals surface area (Å²) in [5.41, 5.74) is 15.7. The van der Waals surface area contributed by atoms with Crippen LogP contribution >= 0.6 is 0 Å². The number of rotatable bonds is 18. The van der Waals surface area contributed by atoms with Gasteiger partial charge in [-0.05, 0) is 143 Å². The Morgan fingerprint density at radius 1 is 0.508 bits per heavy atom. The molecule has 0 aliphatic heterocycles. The topological polar surface area (TPSA) is 6.48 Å². The number of aryl methyl sites for hydroxylation is 1. The number of para-hydroxylation sites is 2. The van der Waals surface area contributed by atoms with Crippen LogP contribution in [0.25, 0.3) is 11.1 Å². The van der Waals surface area contributed by atoms with Crippen LogP contribution in [-0.2, 0) is 17.3 Å². The molecular weight excluding hydrogens is 761 g/mol. The molecule has 0 fully saturated rings. The monoisotopic (exact) mass is 825 g/mol. The molecule has 318 valence electrons. The molecule has 0 saturated heterocycles. The van der Waals surface area contributed by atoms with Crippen molar-refractivity contribution in [3.8, 4) is 11.1 Å². The van der Waals surface area contributed by atoms with Crippen molar-refractivity contribution < 1.29 is 0 Å². The van der Waals surface area contributed by atoms with Gasteiger partial charge in [0.15, 0.2) is 0 Å². The van der Waals surface area contributed by atoms with Crippen LogP contribution in [0.3, 0.4) is 0 Å². The summed E-state index contributed by atoms with van der Waals surface area (Å²) >= 11 is 0. The average Bonchev–Trinajstić information content (AvgIpc) is 3.56. The summed E-state index contributed by atoms with van der Waals surface area (Å²) in [5, 5.41) is 0. The second-order valence-corrected chi connectivity index (χ2v) is 17.9. The molecule has 2 nitrogen and oxygen atoms in total. The number of hydrogen-bond donors (Lipinski definition) is 0. The third-order valence-electron chi connectivity index (χ3n) is 14.1. The minimum absolute atomic E-state index is 0.101. The van der Waals surface area contributed by atoms with Gasteiger partial charge >= 0.3 is 0 Å². The van der Waals surface area contributed by atoms with Gasteiger partial charge in [0.25, 0.3) is 0 Å². The van der Waals surface area contributed by atoms with E-state index in [9.17, 15) is 0 Å². The van der Waals surface area contributed by atoms with Gasteiger partial charge in [-0.15, -0.1) is 13.2 Å². The van der Waals surface area contributed by atoms with E-state index < -0.39 is 0 Å². The molecule has 0 bridgehead atoms. The van der Waals surface area contributed by atoms with Crippen molar-refractivity contribution in [2.75, 3.05) is 9.80 Å². The molecule has 0 heterocycles. The maximum absolute atomic E-state index is 4.60. The molecule has 0 amide bonds. The van der Waals surface area contributed by atoms with E-state index in [1.807, 2.05) is 0 Å². The first kappa shape index (κ1) is 43.3. The standard InChI is InChI=1S/C61H64N2/c1-8-21-45(9-2)28-29-46-30-36-52(37-31-46)63(55-42-43-57-56-26-19-20-27-58(56)60(6,7)59(57)44-55)54-40-34-49(35-41-54)61(12-5,47(10-3)11-4)48-32-38-53(39-33-48)62(50-22-15-13-16-23-50)51-24-17-14-18-25-51/h8,12-20,22-27,30-45,47H,1,5,9-11,21,28-29H2,2-4,6-7H3. The van der Waals surface area contributed by atoms with E-state index >= 15 is 0 Å². The van der Waals surface area contributed by atoms with Gasteiger partial charge in [0.2, 0.25) is 0 Å². The Kier molecular flexibility index (Phi) is 13.0. The minimum atomic E-state index is -0.386. The summed E-state index contributed by atoms with van der Waals surface area (Å²) in [4.78, 5) is 4.78. The molecule has 63 heavy (non-hydrogen) atoms. The SMILES string of the molecule is C=CCC(CC)CCc1ccc(N(c2ccc(C(C=C)(c3ccc(N(c4ccccc4)c4ccccc4)cc3)C(CC)CC)cc2)c2ccc3c(c2)C(C)(C)c2ccccc2-3)cc1. The van der Waals surface area contributed by atoms with Crippen molar-refractivity contribution in [1.29, 1.82) is 0 Å². The third kappa shape index (κ3) is 8.32. The van der Waals surface area contributed by atoms with Crippen LogP contribution in [0.1, 0.15) is 94.5 Å². The summed E-state index contributed by atoms with van der Waals surface area (Å²) in [5.74, 6) is 1.03. The minimum Gasteiger partial charge on any atom is -0.311 e. The van der Waals surface area contributed by atoms with E-state index in [0.717, 1.165) is 54.1 Å². The van der Waals surface area contributed by atoms with Gasteiger partial charge in [0.05, 0.1) is 0 Å². The number of nitrogens with zero attached hydrogens (tertiary/aromatic N) is 2. The van der Waals surface area contributed by atoms with Crippen LogP contribution in [0.15, 0.2) is 201 Å². The molecule has 7 aromatic carbocycles. The Hall–Kier alpha value is -6.38. The smallest absolute Gasteiger partial charge is 0.0465 e. The highest BCUT2D eigenvalue weighted by molar-refractivity contribution is 5.85. The molecule has 0 N–H and O–H groups in total. The maximum atomic E-state index is 4.60. The molecule has 1 aliphatic carbocycles. The largest absolute Gasteiger partial charge is 0.311 e. The molecule has 7 aromatic rings. The van der Waals surface area contributed by atoms with Gasteiger partial charge in [0, 0.05) is 45.0 Å². The highest BCUT2D eigenvalue weighted by Crippen LogP contribution is 2.51. The molecular formula is C61H64N2. The summed E-state index contributed by atoms with van der Waals surface area (Å²) < 4.78 is 0. The highest BCUT2D eigenvalue weighted by atomic mass is 15.1. The number of allylic oxidation sites excluding steroid dienone is 2.